The van der Waals surface area contributed by atoms with E-state index in [4.69, 9.17) is 28.9 Å². The zero-order valence-corrected chi connectivity index (χ0v) is 8.76. The molecule has 0 radical (unpaired) electrons. The van der Waals surface area contributed by atoms with E-state index in [2.05, 4.69) is 0 Å². The highest BCUT2D eigenvalue weighted by Crippen LogP contribution is 2.15. The van der Waals surface area contributed by atoms with E-state index in [1.807, 2.05) is 6.92 Å². The molecule has 68 valence electrons. The summed E-state index contributed by atoms with van der Waals surface area (Å²) in [7, 11) is 0. The molecule has 1 atom stereocenters. The van der Waals surface area contributed by atoms with Crippen molar-refractivity contribution in [3.63, 3.8) is 0 Å². The molecular weight excluding hydrogens is 208 g/mol. The third-order valence-corrected chi connectivity index (χ3v) is 1.89. The van der Waals surface area contributed by atoms with Crippen molar-refractivity contribution in [1.82, 2.24) is 0 Å². The summed E-state index contributed by atoms with van der Waals surface area (Å²) in [6.45, 7) is 3.43. The molecule has 11 heavy (non-hydrogen) atoms. The third-order valence-electron chi connectivity index (χ3n) is 1.50. The van der Waals surface area contributed by atoms with Crippen LogP contribution in [0.2, 0.25) is 0 Å². The molecule has 0 aromatic heterocycles. The van der Waals surface area contributed by atoms with Crippen LogP contribution in [-0.2, 0) is 4.79 Å². The summed E-state index contributed by atoms with van der Waals surface area (Å²) >= 11 is 10.7. The molecule has 5 heteroatoms. The average Bonchev–Trinajstić information content (AvgIpc) is 1.86. The van der Waals surface area contributed by atoms with E-state index in [1.54, 1.807) is 6.92 Å². The Bertz CT molecular complexity index is 136. The predicted molar refractivity (Wildman–Crippen MR) is 50.6 cm³/mol. The maximum absolute atomic E-state index is 11.0. The first-order valence-electron chi connectivity index (χ1n) is 3.03. The number of rotatable bonds is 3. The number of alkyl halides is 2. The van der Waals surface area contributed by atoms with Gasteiger partial charge in [0.25, 0.3) is 0 Å². The molecule has 0 aliphatic heterocycles. The molecule has 0 aromatic rings. The van der Waals surface area contributed by atoms with Gasteiger partial charge in [0, 0.05) is 0 Å². The van der Waals surface area contributed by atoms with Crippen molar-refractivity contribution in [3.8, 4) is 0 Å². The number of ketones is 1. The van der Waals surface area contributed by atoms with Crippen molar-refractivity contribution >= 4 is 41.4 Å². The van der Waals surface area contributed by atoms with E-state index >= 15 is 0 Å². The molecule has 0 bridgehead atoms. The van der Waals surface area contributed by atoms with E-state index < -0.39 is 10.4 Å². The fourth-order valence-corrected chi connectivity index (χ4v) is 0.922. The number of carbonyl (C=O) groups is 1. The first-order chi connectivity index (χ1) is 4.41. The lowest BCUT2D eigenvalue weighted by Gasteiger charge is -2.20. The summed E-state index contributed by atoms with van der Waals surface area (Å²) in [5.41, 5.74) is 4.66. The summed E-state index contributed by atoms with van der Waals surface area (Å²) in [6.07, 6.45) is 0.543. The smallest absolute Gasteiger partial charge is 0.185 e. The maximum Gasteiger partial charge on any atom is 0.185 e. The zero-order chi connectivity index (χ0) is 8.36. The maximum atomic E-state index is 11.0. The van der Waals surface area contributed by atoms with E-state index in [0.717, 1.165) is 0 Å². The Morgan fingerprint density at radius 2 is 2.00 bits per heavy atom. The van der Waals surface area contributed by atoms with Crippen LogP contribution in [0, 0.1) is 0 Å². The van der Waals surface area contributed by atoms with Crippen LogP contribution in [-0.4, -0.2) is 16.2 Å². The molecule has 0 heterocycles. The van der Waals surface area contributed by atoms with Crippen LogP contribution in [0.5, 0.6) is 0 Å². The number of carbonyl (C=O) groups excluding carboxylic acids is 1. The standard InChI is InChI=1S/C6H11Cl2NO.ClH/c1-3-6(2,9)4(10)5(7)8;/h5H,3,9H2,1-2H3;1H. The third kappa shape index (κ3) is 4.16. The van der Waals surface area contributed by atoms with Crippen LogP contribution in [0.1, 0.15) is 20.3 Å². The average molecular weight is 221 g/mol. The van der Waals surface area contributed by atoms with Crippen molar-refractivity contribution in [2.45, 2.75) is 30.6 Å². The lowest BCUT2D eigenvalue weighted by Crippen LogP contribution is -2.46. The van der Waals surface area contributed by atoms with E-state index in [9.17, 15) is 4.79 Å². The van der Waals surface area contributed by atoms with Gasteiger partial charge in [0.1, 0.15) is 0 Å². The first-order valence-corrected chi connectivity index (χ1v) is 3.90. The molecular formula is C6H12Cl3NO. The Labute approximate surface area is 82.8 Å². The summed E-state index contributed by atoms with van der Waals surface area (Å²) in [5, 5.41) is 0. The largest absolute Gasteiger partial charge is 0.319 e. The summed E-state index contributed by atoms with van der Waals surface area (Å²) in [5.74, 6) is -0.321. The van der Waals surface area contributed by atoms with Gasteiger partial charge in [-0.1, -0.05) is 30.1 Å². The minimum Gasteiger partial charge on any atom is -0.319 e. The van der Waals surface area contributed by atoms with Gasteiger partial charge in [0.2, 0.25) is 0 Å². The van der Waals surface area contributed by atoms with Crippen LogP contribution < -0.4 is 5.73 Å². The molecule has 0 saturated carbocycles. The molecule has 0 aliphatic rings. The van der Waals surface area contributed by atoms with Crippen LogP contribution in [0.4, 0.5) is 0 Å². The molecule has 0 saturated heterocycles. The molecule has 0 aliphatic carbocycles. The molecule has 2 nitrogen and oxygen atoms in total. The summed E-state index contributed by atoms with van der Waals surface area (Å²) < 4.78 is 0. The van der Waals surface area contributed by atoms with E-state index in [1.165, 1.54) is 0 Å². The Kier molecular flexibility index (Phi) is 6.64. The monoisotopic (exact) mass is 219 g/mol. The number of nitrogens with two attached hydrogens (primary N) is 1. The Balaban J connectivity index is 0. The highest BCUT2D eigenvalue weighted by Gasteiger charge is 2.30. The van der Waals surface area contributed by atoms with Gasteiger partial charge in [0.15, 0.2) is 10.6 Å². The molecule has 0 fully saturated rings. The second-order valence-corrected chi connectivity index (χ2v) is 3.53. The summed E-state index contributed by atoms with van der Waals surface area (Å²) in [6, 6.07) is 0. The Morgan fingerprint density at radius 1 is 1.64 bits per heavy atom. The minimum absolute atomic E-state index is 0. The van der Waals surface area contributed by atoms with Gasteiger partial charge in [-0.2, -0.15) is 0 Å². The topological polar surface area (TPSA) is 43.1 Å². The van der Waals surface area contributed by atoms with Crippen LogP contribution in [0.15, 0.2) is 0 Å². The van der Waals surface area contributed by atoms with Crippen LogP contribution in [0.3, 0.4) is 0 Å². The van der Waals surface area contributed by atoms with Crippen LogP contribution in [0.25, 0.3) is 0 Å². The number of Topliss-reactive ketones (excluding diaryl/α,β-unsaturated/α-hetero) is 1. The quantitative estimate of drug-likeness (QED) is 0.739. The minimum atomic E-state index is -1.00. The fourth-order valence-electron chi connectivity index (χ4n) is 0.423. The highest BCUT2D eigenvalue weighted by molar-refractivity contribution is 6.54. The number of halogens is 3. The van der Waals surface area contributed by atoms with Crippen molar-refractivity contribution in [3.05, 3.63) is 0 Å². The van der Waals surface area contributed by atoms with Crippen LogP contribution >= 0.6 is 35.6 Å². The molecule has 0 spiro atoms. The Morgan fingerprint density at radius 3 is 2.09 bits per heavy atom. The zero-order valence-electron chi connectivity index (χ0n) is 6.43. The lowest BCUT2D eigenvalue weighted by atomic mass is 9.96. The summed E-state index contributed by atoms with van der Waals surface area (Å²) in [4.78, 5) is 10.0. The molecule has 0 aromatic carbocycles. The van der Waals surface area contributed by atoms with Gasteiger partial charge in [-0.15, -0.1) is 12.4 Å². The van der Waals surface area contributed by atoms with Gasteiger partial charge < -0.3 is 5.73 Å². The SMILES string of the molecule is CCC(C)(N)C(=O)C(Cl)Cl.Cl. The molecule has 2 N–H and O–H groups in total. The first kappa shape index (κ1) is 14.0. The van der Waals surface area contributed by atoms with Crippen molar-refractivity contribution in [1.29, 1.82) is 0 Å². The number of hydrogen-bond acceptors (Lipinski definition) is 2. The highest BCUT2D eigenvalue weighted by atomic mass is 35.5. The number of hydrogen-bond donors (Lipinski definition) is 1. The second-order valence-electron chi connectivity index (χ2n) is 2.44. The van der Waals surface area contributed by atoms with Gasteiger partial charge in [-0.25, -0.2) is 0 Å². The van der Waals surface area contributed by atoms with Gasteiger partial charge in [-0.3, -0.25) is 4.79 Å². The Hall–Kier alpha value is 0.500. The molecule has 0 amide bonds. The second kappa shape index (κ2) is 5.20. The normalized spacial score (nSPS) is 15.5. The van der Waals surface area contributed by atoms with Gasteiger partial charge >= 0.3 is 0 Å². The van der Waals surface area contributed by atoms with Crippen molar-refractivity contribution < 1.29 is 4.79 Å². The molecule has 0 rings (SSSR count). The van der Waals surface area contributed by atoms with E-state index in [0.29, 0.717) is 6.42 Å². The lowest BCUT2D eigenvalue weighted by molar-refractivity contribution is -0.122. The van der Waals surface area contributed by atoms with Gasteiger partial charge in [0.05, 0.1) is 5.54 Å². The predicted octanol–water partition coefficient (Wildman–Crippen LogP) is 1.91. The van der Waals surface area contributed by atoms with E-state index in [-0.39, 0.29) is 18.2 Å². The fraction of sp³-hybridized carbons (Fsp3) is 0.833. The van der Waals surface area contributed by atoms with Crippen molar-refractivity contribution in [2.24, 2.45) is 5.73 Å². The molecule has 1 unspecified atom stereocenters. The van der Waals surface area contributed by atoms with Gasteiger partial charge in [-0.05, 0) is 13.3 Å². The van der Waals surface area contributed by atoms with Crippen molar-refractivity contribution in [2.75, 3.05) is 0 Å².